The summed E-state index contributed by atoms with van der Waals surface area (Å²) in [4.78, 5) is 4.58. The molecule has 0 atom stereocenters. The van der Waals surface area contributed by atoms with Crippen LogP contribution >= 0.6 is 27.3 Å². The van der Waals surface area contributed by atoms with Gasteiger partial charge in [0.1, 0.15) is 0 Å². The molecule has 0 amide bonds. The first-order valence-corrected chi connectivity index (χ1v) is 9.90. The molecule has 1 heterocycles. The first kappa shape index (κ1) is 16.2. The van der Waals surface area contributed by atoms with E-state index in [1.165, 1.54) is 11.3 Å². The van der Waals surface area contributed by atoms with Crippen molar-refractivity contribution >= 4 is 42.4 Å². The maximum absolute atomic E-state index is 12.4. The van der Waals surface area contributed by atoms with Crippen molar-refractivity contribution in [3.63, 3.8) is 0 Å². The van der Waals surface area contributed by atoms with E-state index in [9.17, 15) is 8.42 Å². The normalized spacial score (nSPS) is 11.4. The van der Waals surface area contributed by atoms with Crippen molar-refractivity contribution in [2.75, 3.05) is 4.72 Å². The molecule has 3 aromatic rings. The van der Waals surface area contributed by atoms with E-state index in [0.29, 0.717) is 5.13 Å². The number of sulfonamides is 1. The largest absolute Gasteiger partial charge is 0.263 e. The topological polar surface area (TPSA) is 59.1 Å². The molecule has 0 spiro atoms. The lowest BCUT2D eigenvalue weighted by molar-refractivity contribution is 0.601. The summed E-state index contributed by atoms with van der Waals surface area (Å²) in [5.74, 6) is 0. The molecule has 23 heavy (non-hydrogen) atoms. The summed E-state index contributed by atoms with van der Waals surface area (Å²) >= 11 is 4.64. The van der Waals surface area contributed by atoms with Crippen molar-refractivity contribution in [3.05, 3.63) is 63.9 Å². The zero-order valence-electron chi connectivity index (χ0n) is 12.2. The Kier molecular flexibility index (Phi) is 4.52. The molecular formula is C16H13BrN2O2S2. The van der Waals surface area contributed by atoms with Crippen LogP contribution in [0.25, 0.3) is 11.3 Å². The van der Waals surface area contributed by atoms with E-state index in [1.807, 2.05) is 36.6 Å². The summed E-state index contributed by atoms with van der Waals surface area (Å²) in [5.41, 5.74) is 2.69. The van der Waals surface area contributed by atoms with Crippen LogP contribution in [-0.2, 0) is 10.0 Å². The van der Waals surface area contributed by atoms with E-state index >= 15 is 0 Å². The van der Waals surface area contributed by atoms with Crippen molar-refractivity contribution in [2.24, 2.45) is 0 Å². The minimum Gasteiger partial charge on any atom is -0.255 e. The van der Waals surface area contributed by atoms with Crippen LogP contribution in [0.5, 0.6) is 0 Å². The van der Waals surface area contributed by atoms with E-state index < -0.39 is 10.0 Å². The second-order valence-corrected chi connectivity index (χ2v) is 8.42. The maximum atomic E-state index is 12.4. The summed E-state index contributed by atoms with van der Waals surface area (Å²) in [6.07, 6.45) is 0. The van der Waals surface area contributed by atoms with E-state index in [0.717, 1.165) is 21.3 Å². The molecular weight excluding hydrogens is 396 g/mol. The van der Waals surface area contributed by atoms with Gasteiger partial charge in [0.05, 0.1) is 10.6 Å². The average molecular weight is 409 g/mol. The Labute approximate surface area is 147 Å². The molecule has 1 aromatic heterocycles. The summed E-state index contributed by atoms with van der Waals surface area (Å²) in [7, 11) is -3.62. The van der Waals surface area contributed by atoms with Crippen LogP contribution in [0.15, 0.2) is 63.3 Å². The van der Waals surface area contributed by atoms with Gasteiger partial charge in [-0.15, -0.1) is 11.3 Å². The fourth-order valence-electron chi connectivity index (χ4n) is 1.97. The van der Waals surface area contributed by atoms with E-state index in [4.69, 9.17) is 0 Å². The Morgan fingerprint density at radius 3 is 2.35 bits per heavy atom. The molecule has 1 N–H and O–H groups in total. The van der Waals surface area contributed by atoms with Crippen LogP contribution in [0.3, 0.4) is 0 Å². The molecule has 4 nitrogen and oxygen atoms in total. The number of nitrogens with zero attached hydrogens (tertiary/aromatic N) is 1. The van der Waals surface area contributed by atoms with E-state index in [1.54, 1.807) is 24.3 Å². The minimum absolute atomic E-state index is 0.225. The Bertz CT molecular complexity index is 917. The highest BCUT2D eigenvalue weighted by molar-refractivity contribution is 9.10. The average Bonchev–Trinajstić information content (AvgIpc) is 2.96. The predicted octanol–water partition coefficient (Wildman–Crippen LogP) is 4.68. The van der Waals surface area contributed by atoms with Gasteiger partial charge in [0.15, 0.2) is 5.13 Å². The smallest absolute Gasteiger partial charge is 0.255 e. The summed E-state index contributed by atoms with van der Waals surface area (Å²) in [6.45, 7) is 1.91. The maximum Gasteiger partial charge on any atom is 0.263 e. The molecule has 0 unspecified atom stereocenters. The summed E-state index contributed by atoms with van der Waals surface area (Å²) in [5, 5.41) is 2.18. The van der Waals surface area contributed by atoms with Crippen LogP contribution in [0, 0.1) is 6.92 Å². The van der Waals surface area contributed by atoms with Crippen LogP contribution in [0.2, 0.25) is 0 Å². The third-order valence-corrected chi connectivity index (χ3v) is 5.97. The number of rotatable bonds is 4. The molecule has 0 fully saturated rings. The number of halogens is 1. The zero-order chi connectivity index (χ0) is 16.4. The third-order valence-electron chi connectivity index (χ3n) is 3.20. The van der Waals surface area contributed by atoms with Gasteiger partial charge in [-0.05, 0) is 31.2 Å². The second-order valence-electron chi connectivity index (χ2n) is 4.96. The molecule has 0 bridgehead atoms. The fraction of sp³-hybridized carbons (Fsp3) is 0.0625. The highest BCUT2D eigenvalue weighted by atomic mass is 79.9. The van der Waals surface area contributed by atoms with Crippen LogP contribution in [0.4, 0.5) is 5.13 Å². The Morgan fingerprint density at radius 2 is 1.70 bits per heavy atom. The van der Waals surface area contributed by atoms with Gasteiger partial charge in [-0.2, -0.15) is 0 Å². The van der Waals surface area contributed by atoms with E-state index in [2.05, 4.69) is 25.6 Å². The van der Waals surface area contributed by atoms with Crippen molar-refractivity contribution < 1.29 is 8.42 Å². The Balaban J connectivity index is 1.83. The molecule has 3 rings (SSSR count). The van der Waals surface area contributed by atoms with Crippen LogP contribution < -0.4 is 4.72 Å². The van der Waals surface area contributed by atoms with Crippen LogP contribution in [-0.4, -0.2) is 13.4 Å². The van der Waals surface area contributed by atoms with Gasteiger partial charge < -0.3 is 0 Å². The molecule has 0 saturated heterocycles. The van der Waals surface area contributed by atoms with Crippen molar-refractivity contribution in [1.29, 1.82) is 0 Å². The minimum atomic E-state index is -3.62. The molecule has 0 saturated carbocycles. The van der Waals surface area contributed by atoms with Gasteiger partial charge in [-0.25, -0.2) is 13.4 Å². The van der Waals surface area contributed by atoms with Gasteiger partial charge in [-0.3, -0.25) is 4.72 Å². The number of hydrogen-bond donors (Lipinski definition) is 1. The number of aryl methyl sites for hydroxylation is 1. The monoisotopic (exact) mass is 408 g/mol. The standard InChI is InChI=1S/C16H13BrN2O2S2/c1-11-2-8-14(9-3-11)23(20,21)19-16-18-15(10-22-16)12-4-6-13(17)7-5-12/h2-10H,1H3,(H,18,19). The number of benzene rings is 2. The molecule has 2 aromatic carbocycles. The predicted molar refractivity (Wildman–Crippen MR) is 97.2 cm³/mol. The Hall–Kier alpha value is -1.70. The SMILES string of the molecule is Cc1ccc(S(=O)(=O)Nc2nc(-c3ccc(Br)cc3)cs2)cc1. The number of thiazole rings is 1. The molecule has 0 aliphatic heterocycles. The lowest BCUT2D eigenvalue weighted by atomic mass is 10.2. The quantitative estimate of drug-likeness (QED) is 0.681. The number of aromatic nitrogens is 1. The number of nitrogens with one attached hydrogen (secondary N) is 1. The van der Waals surface area contributed by atoms with Crippen LogP contribution in [0.1, 0.15) is 5.56 Å². The highest BCUT2D eigenvalue weighted by Gasteiger charge is 2.16. The first-order valence-electron chi connectivity index (χ1n) is 6.75. The van der Waals surface area contributed by atoms with Gasteiger partial charge in [-0.1, -0.05) is 45.8 Å². The van der Waals surface area contributed by atoms with Crippen molar-refractivity contribution in [1.82, 2.24) is 4.98 Å². The van der Waals surface area contributed by atoms with Crippen molar-refractivity contribution in [3.8, 4) is 11.3 Å². The fourth-order valence-corrected chi connectivity index (χ4v) is 4.20. The lowest BCUT2D eigenvalue weighted by Crippen LogP contribution is -2.12. The van der Waals surface area contributed by atoms with Crippen molar-refractivity contribution in [2.45, 2.75) is 11.8 Å². The van der Waals surface area contributed by atoms with Gasteiger partial charge in [0.2, 0.25) is 0 Å². The van der Waals surface area contributed by atoms with Gasteiger partial charge in [0.25, 0.3) is 10.0 Å². The third kappa shape index (κ3) is 3.80. The molecule has 0 aliphatic carbocycles. The second kappa shape index (κ2) is 6.43. The summed E-state index contributed by atoms with van der Waals surface area (Å²) < 4.78 is 28.2. The lowest BCUT2D eigenvalue weighted by Gasteiger charge is -2.05. The molecule has 7 heteroatoms. The number of hydrogen-bond acceptors (Lipinski definition) is 4. The summed E-state index contributed by atoms with van der Waals surface area (Å²) in [6, 6.07) is 14.4. The highest BCUT2D eigenvalue weighted by Crippen LogP contribution is 2.27. The van der Waals surface area contributed by atoms with E-state index in [-0.39, 0.29) is 4.90 Å². The number of anilines is 1. The van der Waals surface area contributed by atoms with Gasteiger partial charge >= 0.3 is 0 Å². The first-order chi connectivity index (χ1) is 10.9. The Morgan fingerprint density at radius 1 is 1.04 bits per heavy atom. The van der Waals surface area contributed by atoms with Gasteiger partial charge in [0, 0.05) is 15.4 Å². The molecule has 0 radical (unpaired) electrons. The zero-order valence-corrected chi connectivity index (χ0v) is 15.4. The molecule has 0 aliphatic rings. The molecule has 118 valence electrons.